The molecule has 44 heavy (non-hydrogen) atoms. The van der Waals surface area contributed by atoms with Crippen molar-refractivity contribution in [1.82, 2.24) is 0 Å². The maximum Gasteiger partial charge on any atom is 0.530 e. The van der Waals surface area contributed by atoms with E-state index in [0.29, 0.717) is 11.5 Å². The molecule has 0 fully saturated rings. The predicted molar refractivity (Wildman–Crippen MR) is 184 cm³/mol. The standard InChI is InChI=1S/C34H46Cl2O6P2/c1-31(2,3)23-16-18-29(27(20-23)33(7,8)9)41-43(35,37)39-25-14-13-15-26(22-25)40-44(36,38)42-30-19-17-24(32(4,5)6)21-28(30)34(10,11)12/h13-22H,1-12H3. The normalized spacial score (nSPS) is 15.6. The van der Waals surface area contributed by atoms with E-state index in [1.807, 2.05) is 65.8 Å². The summed E-state index contributed by atoms with van der Waals surface area (Å²) in [4.78, 5) is 0. The lowest BCUT2D eigenvalue weighted by Gasteiger charge is -2.28. The van der Waals surface area contributed by atoms with E-state index in [1.165, 1.54) is 18.2 Å². The molecule has 0 heterocycles. The Kier molecular flexibility index (Phi) is 10.4. The molecule has 0 amide bonds. The Labute approximate surface area is 273 Å². The number of benzene rings is 3. The van der Waals surface area contributed by atoms with E-state index in [2.05, 4.69) is 41.5 Å². The highest BCUT2D eigenvalue weighted by Crippen LogP contribution is 2.57. The number of hydrogen-bond acceptors (Lipinski definition) is 6. The lowest BCUT2D eigenvalue weighted by Crippen LogP contribution is -2.17. The third-order valence-corrected chi connectivity index (χ3v) is 9.47. The van der Waals surface area contributed by atoms with Crippen molar-refractivity contribution in [1.29, 1.82) is 0 Å². The second kappa shape index (κ2) is 12.6. The Bertz CT molecular complexity index is 1480. The molecule has 0 aliphatic rings. The van der Waals surface area contributed by atoms with Crippen molar-refractivity contribution in [3.8, 4) is 23.0 Å². The predicted octanol–water partition coefficient (Wildman–Crippen LogP) is 12.5. The first-order valence-corrected chi connectivity index (χ1v) is 19.4. The zero-order valence-corrected chi connectivity index (χ0v) is 31.2. The minimum absolute atomic E-state index is 0.0750. The van der Waals surface area contributed by atoms with Gasteiger partial charge in [0.25, 0.3) is 0 Å². The highest BCUT2D eigenvalue weighted by atomic mass is 35.7. The van der Waals surface area contributed by atoms with Crippen molar-refractivity contribution in [2.45, 2.75) is 105 Å². The maximum atomic E-state index is 13.4. The van der Waals surface area contributed by atoms with Gasteiger partial charge < -0.3 is 18.1 Å². The molecule has 0 spiro atoms. The first-order chi connectivity index (χ1) is 19.8. The van der Waals surface area contributed by atoms with Crippen LogP contribution < -0.4 is 18.1 Å². The van der Waals surface area contributed by atoms with Crippen LogP contribution in [0.1, 0.15) is 105 Å². The molecular weight excluding hydrogens is 637 g/mol. The highest BCUT2D eigenvalue weighted by Gasteiger charge is 2.32. The second-order valence-electron chi connectivity index (χ2n) is 15.1. The monoisotopic (exact) mass is 682 g/mol. The summed E-state index contributed by atoms with van der Waals surface area (Å²) < 4.78 is 49.5. The minimum Gasteiger partial charge on any atom is -0.405 e. The minimum atomic E-state index is -4.17. The fourth-order valence-corrected chi connectivity index (χ4v) is 6.95. The Morgan fingerprint density at radius 1 is 0.477 bits per heavy atom. The molecule has 3 rings (SSSR count). The average molecular weight is 684 g/mol. The van der Waals surface area contributed by atoms with Crippen LogP contribution in [-0.2, 0) is 30.8 Å². The van der Waals surface area contributed by atoms with Crippen molar-refractivity contribution >= 4 is 36.4 Å². The fourth-order valence-electron chi connectivity index (χ4n) is 4.44. The quantitative estimate of drug-likeness (QED) is 0.220. The molecule has 0 saturated carbocycles. The molecule has 0 aromatic heterocycles. The zero-order chi connectivity index (χ0) is 33.5. The van der Waals surface area contributed by atoms with Gasteiger partial charge in [-0.3, -0.25) is 0 Å². The molecule has 0 radical (unpaired) electrons. The van der Waals surface area contributed by atoms with Crippen molar-refractivity contribution in [2.75, 3.05) is 0 Å². The molecule has 0 aliphatic heterocycles. The summed E-state index contributed by atoms with van der Waals surface area (Å²) in [5.74, 6) is 0.876. The van der Waals surface area contributed by atoms with Crippen molar-refractivity contribution in [3.05, 3.63) is 82.9 Å². The van der Waals surface area contributed by atoms with E-state index in [9.17, 15) is 9.13 Å². The van der Waals surface area contributed by atoms with E-state index in [4.69, 9.17) is 40.6 Å². The largest absolute Gasteiger partial charge is 0.530 e. The van der Waals surface area contributed by atoms with Crippen LogP contribution in [0, 0.1) is 0 Å². The van der Waals surface area contributed by atoms with Gasteiger partial charge in [-0.25, -0.2) is 9.13 Å². The van der Waals surface area contributed by atoms with Gasteiger partial charge >= 0.3 is 13.9 Å². The molecule has 6 nitrogen and oxygen atoms in total. The van der Waals surface area contributed by atoms with Crippen LogP contribution in [-0.4, -0.2) is 0 Å². The molecule has 3 aromatic carbocycles. The number of rotatable bonds is 8. The van der Waals surface area contributed by atoms with E-state index in [1.54, 1.807) is 18.2 Å². The van der Waals surface area contributed by atoms with Crippen LogP contribution in [0.2, 0.25) is 0 Å². The van der Waals surface area contributed by atoms with E-state index in [-0.39, 0.29) is 33.2 Å². The van der Waals surface area contributed by atoms with Crippen LogP contribution in [0.5, 0.6) is 23.0 Å². The summed E-state index contributed by atoms with van der Waals surface area (Å²) in [6.07, 6.45) is 0. The van der Waals surface area contributed by atoms with Gasteiger partial charge in [-0.1, -0.05) is 113 Å². The maximum absolute atomic E-state index is 13.4. The Morgan fingerprint density at radius 2 is 0.818 bits per heavy atom. The third-order valence-electron chi connectivity index (χ3n) is 6.96. The fraction of sp³-hybridized carbons (Fsp3) is 0.471. The smallest absolute Gasteiger partial charge is 0.405 e. The molecule has 3 aromatic rings. The van der Waals surface area contributed by atoms with Gasteiger partial charge in [0.1, 0.15) is 23.0 Å². The zero-order valence-electron chi connectivity index (χ0n) is 27.9. The van der Waals surface area contributed by atoms with Gasteiger partial charge in [0, 0.05) is 39.7 Å². The molecule has 2 atom stereocenters. The van der Waals surface area contributed by atoms with E-state index in [0.717, 1.165) is 22.3 Å². The van der Waals surface area contributed by atoms with Gasteiger partial charge in [-0.15, -0.1) is 0 Å². The van der Waals surface area contributed by atoms with Crippen LogP contribution in [0.4, 0.5) is 0 Å². The van der Waals surface area contributed by atoms with Gasteiger partial charge in [0.2, 0.25) is 0 Å². The van der Waals surface area contributed by atoms with Gasteiger partial charge in [-0.05, 0) is 57.1 Å². The van der Waals surface area contributed by atoms with Crippen LogP contribution in [0.25, 0.3) is 0 Å². The van der Waals surface area contributed by atoms with Crippen molar-refractivity contribution < 1.29 is 27.2 Å². The highest BCUT2D eigenvalue weighted by molar-refractivity contribution is 7.82. The van der Waals surface area contributed by atoms with E-state index < -0.39 is 13.9 Å². The van der Waals surface area contributed by atoms with Crippen LogP contribution in [0.15, 0.2) is 60.7 Å². The van der Waals surface area contributed by atoms with E-state index >= 15 is 0 Å². The summed E-state index contributed by atoms with van der Waals surface area (Å²) in [5, 5.41) is 0. The van der Waals surface area contributed by atoms with Gasteiger partial charge in [-0.2, -0.15) is 0 Å². The summed E-state index contributed by atoms with van der Waals surface area (Å²) >= 11 is 12.6. The first kappa shape index (κ1) is 36.4. The van der Waals surface area contributed by atoms with Crippen LogP contribution in [0.3, 0.4) is 0 Å². The average Bonchev–Trinajstić information content (AvgIpc) is 2.80. The summed E-state index contributed by atoms with van der Waals surface area (Å²) in [6, 6.07) is 17.5. The number of halogens is 2. The SMILES string of the molecule is CC(C)(C)c1ccc(OP(=O)(Cl)Oc2cccc(OP(=O)(Cl)Oc3ccc(C(C)(C)C)cc3C(C)(C)C)c2)c(C(C)(C)C)c1. The molecule has 0 aliphatic carbocycles. The Morgan fingerprint density at radius 3 is 1.11 bits per heavy atom. The lowest BCUT2D eigenvalue weighted by atomic mass is 9.80. The number of hydrogen-bond donors (Lipinski definition) is 0. The third kappa shape index (κ3) is 9.95. The van der Waals surface area contributed by atoms with Gasteiger partial charge in [0.05, 0.1) is 0 Å². The summed E-state index contributed by atoms with van der Waals surface area (Å²) in [5.41, 5.74) is 3.10. The molecule has 10 heteroatoms. The molecule has 0 saturated heterocycles. The van der Waals surface area contributed by atoms with Crippen LogP contribution >= 0.6 is 36.4 Å². The molecule has 242 valence electrons. The summed E-state index contributed by atoms with van der Waals surface area (Å²) in [6.45, 7) is 16.6. The summed E-state index contributed by atoms with van der Waals surface area (Å²) in [7, 11) is 0. The van der Waals surface area contributed by atoms with Crippen molar-refractivity contribution in [2.24, 2.45) is 0 Å². The Balaban J connectivity index is 1.83. The van der Waals surface area contributed by atoms with Gasteiger partial charge in [0.15, 0.2) is 0 Å². The van der Waals surface area contributed by atoms with Crippen molar-refractivity contribution in [3.63, 3.8) is 0 Å². The first-order valence-electron chi connectivity index (χ1n) is 14.5. The Hall–Kier alpha value is -2.10. The molecular formula is C34H46Cl2O6P2. The topological polar surface area (TPSA) is 71.1 Å². The second-order valence-corrected chi connectivity index (χ2v) is 20.1. The molecule has 0 N–H and O–H groups in total. The lowest BCUT2D eigenvalue weighted by molar-refractivity contribution is 0.394. The molecule has 2 unspecified atom stereocenters. The molecule has 0 bridgehead atoms.